The van der Waals surface area contributed by atoms with E-state index in [0.717, 1.165) is 6.07 Å². The first-order valence-electron chi connectivity index (χ1n) is 8.86. The molecule has 0 spiro atoms. The van der Waals surface area contributed by atoms with E-state index in [0.29, 0.717) is 42.7 Å². The standard InChI is InChI=1S/C19H18F3N5O/c1-9-24-16-2-3-17(26-18(16)19(28)25-9)27-5-4-10(15(23)8-27)11-6-13(21)14(22)7-12(11)20/h2-3,6-7,10,15H,4-5,8,23H2,1H3,(H,24,25,28)/t10?,15-/m0/s1. The fourth-order valence-corrected chi connectivity index (χ4v) is 3.71. The lowest BCUT2D eigenvalue weighted by atomic mass is 9.85. The van der Waals surface area contributed by atoms with Crippen LogP contribution < -0.4 is 16.2 Å². The molecule has 1 unspecified atom stereocenters. The summed E-state index contributed by atoms with van der Waals surface area (Å²) < 4.78 is 40.9. The Morgan fingerprint density at radius 2 is 1.89 bits per heavy atom. The summed E-state index contributed by atoms with van der Waals surface area (Å²) >= 11 is 0. The quantitative estimate of drug-likeness (QED) is 0.657. The number of nitrogens with zero attached hydrogens (tertiary/aromatic N) is 3. The predicted octanol–water partition coefficient (Wildman–Crippen LogP) is 2.37. The molecular weight excluding hydrogens is 371 g/mol. The third-order valence-corrected chi connectivity index (χ3v) is 5.08. The second-order valence-corrected chi connectivity index (χ2v) is 6.98. The van der Waals surface area contributed by atoms with Crippen molar-refractivity contribution in [2.24, 2.45) is 5.73 Å². The molecular formula is C19H18F3N5O. The molecule has 0 aliphatic carbocycles. The molecule has 1 aromatic carbocycles. The van der Waals surface area contributed by atoms with E-state index >= 15 is 0 Å². The fraction of sp³-hybridized carbons (Fsp3) is 0.316. The first-order valence-corrected chi connectivity index (χ1v) is 8.86. The lowest BCUT2D eigenvalue weighted by Crippen LogP contribution is -2.48. The van der Waals surface area contributed by atoms with Crippen LogP contribution in [-0.2, 0) is 0 Å². The third-order valence-electron chi connectivity index (χ3n) is 5.08. The zero-order chi connectivity index (χ0) is 20.0. The molecule has 3 N–H and O–H groups in total. The Morgan fingerprint density at radius 3 is 2.64 bits per heavy atom. The number of H-pyrrole nitrogens is 1. The van der Waals surface area contributed by atoms with E-state index < -0.39 is 29.4 Å². The van der Waals surface area contributed by atoms with Crippen LogP contribution in [0.15, 0.2) is 29.1 Å². The topological polar surface area (TPSA) is 87.9 Å². The summed E-state index contributed by atoms with van der Waals surface area (Å²) in [5.74, 6) is -2.50. The van der Waals surface area contributed by atoms with Crippen molar-refractivity contribution < 1.29 is 13.2 Å². The molecule has 0 saturated carbocycles. The number of halogens is 3. The van der Waals surface area contributed by atoms with E-state index in [-0.39, 0.29) is 16.6 Å². The number of aryl methyl sites for hydroxylation is 1. The van der Waals surface area contributed by atoms with E-state index in [2.05, 4.69) is 15.0 Å². The van der Waals surface area contributed by atoms with Crippen LogP contribution >= 0.6 is 0 Å². The molecule has 28 heavy (non-hydrogen) atoms. The number of benzene rings is 1. The van der Waals surface area contributed by atoms with Gasteiger partial charge in [0.1, 0.15) is 17.5 Å². The van der Waals surface area contributed by atoms with Crippen molar-refractivity contribution >= 4 is 16.9 Å². The highest BCUT2D eigenvalue weighted by Gasteiger charge is 2.31. The number of pyridine rings is 1. The van der Waals surface area contributed by atoms with Crippen molar-refractivity contribution in [3.8, 4) is 0 Å². The molecule has 2 atom stereocenters. The Kier molecular flexibility index (Phi) is 4.54. The second-order valence-electron chi connectivity index (χ2n) is 6.98. The number of aromatic amines is 1. The Labute approximate surface area is 158 Å². The van der Waals surface area contributed by atoms with Crippen molar-refractivity contribution in [2.75, 3.05) is 18.0 Å². The summed E-state index contributed by atoms with van der Waals surface area (Å²) in [5.41, 5.74) is 6.70. The van der Waals surface area contributed by atoms with Gasteiger partial charge in [0.25, 0.3) is 5.56 Å². The van der Waals surface area contributed by atoms with Crippen LogP contribution in [0.25, 0.3) is 11.0 Å². The normalized spacial score (nSPS) is 20.0. The van der Waals surface area contributed by atoms with Crippen molar-refractivity contribution in [3.63, 3.8) is 0 Å². The maximum Gasteiger partial charge on any atom is 0.277 e. The third kappa shape index (κ3) is 3.22. The lowest BCUT2D eigenvalue weighted by molar-refractivity contribution is 0.416. The highest BCUT2D eigenvalue weighted by atomic mass is 19.2. The summed E-state index contributed by atoms with van der Waals surface area (Å²) in [6.07, 6.45) is 0.436. The summed E-state index contributed by atoms with van der Waals surface area (Å²) in [7, 11) is 0. The van der Waals surface area contributed by atoms with E-state index in [9.17, 15) is 18.0 Å². The van der Waals surface area contributed by atoms with Gasteiger partial charge < -0.3 is 15.6 Å². The molecule has 6 nitrogen and oxygen atoms in total. The van der Waals surface area contributed by atoms with Gasteiger partial charge in [-0.15, -0.1) is 0 Å². The van der Waals surface area contributed by atoms with Gasteiger partial charge in [-0.05, 0) is 37.1 Å². The summed E-state index contributed by atoms with van der Waals surface area (Å²) in [6, 6.07) is 4.38. The molecule has 0 amide bonds. The zero-order valence-corrected chi connectivity index (χ0v) is 15.0. The maximum absolute atomic E-state index is 14.1. The molecule has 3 aromatic rings. The number of hydrogen-bond acceptors (Lipinski definition) is 5. The molecule has 0 radical (unpaired) electrons. The van der Waals surface area contributed by atoms with Gasteiger partial charge in [0.05, 0.1) is 5.52 Å². The highest BCUT2D eigenvalue weighted by Crippen LogP contribution is 2.32. The number of nitrogens with two attached hydrogens (primary N) is 1. The second kappa shape index (κ2) is 6.90. The number of aromatic nitrogens is 3. The fourth-order valence-electron chi connectivity index (χ4n) is 3.71. The van der Waals surface area contributed by atoms with Crippen molar-refractivity contribution in [3.05, 3.63) is 63.5 Å². The molecule has 3 heterocycles. The van der Waals surface area contributed by atoms with Crippen LogP contribution in [0.2, 0.25) is 0 Å². The molecule has 1 aliphatic heterocycles. The van der Waals surface area contributed by atoms with E-state index in [1.54, 1.807) is 19.1 Å². The number of rotatable bonds is 2. The Bertz CT molecular complexity index is 1120. The van der Waals surface area contributed by atoms with Crippen LogP contribution in [-0.4, -0.2) is 34.1 Å². The van der Waals surface area contributed by atoms with Crippen LogP contribution in [0.1, 0.15) is 23.7 Å². The van der Waals surface area contributed by atoms with Gasteiger partial charge in [0.2, 0.25) is 0 Å². The van der Waals surface area contributed by atoms with Gasteiger partial charge in [0, 0.05) is 31.1 Å². The molecule has 146 valence electrons. The number of fused-ring (bicyclic) bond motifs is 1. The van der Waals surface area contributed by atoms with Crippen molar-refractivity contribution in [1.29, 1.82) is 0 Å². The van der Waals surface area contributed by atoms with Crippen LogP contribution in [0.4, 0.5) is 19.0 Å². The number of hydrogen-bond donors (Lipinski definition) is 2. The smallest absolute Gasteiger partial charge is 0.277 e. The molecule has 4 rings (SSSR count). The maximum atomic E-state index is 14.1. The highest BCUT2D eigenvalue weighted by molar-refractivity contribution is 5.75. The van der Waals surface area contributed by atoms with Gasteiger partial charge in [-0.2, -0.15) is 0 Å². The Morgan fingerprint density at radius 1 is 1.14 bits per heavy atom. The zero-order valence-electron chi connectivity index (χ0n) is 15.0. The molecule has 1 aliphatic rings. The van der Waals surface area contributed by atoms with Crippen LogP contribution in [0.5, 0.6) is 0 Å². The molecule has 2 aromatic heterocycles. The monoisotopic (exact) mass is 389 g/mol. The number of piperidine rings is 1. The van der Waals surface area contributed by atoms with Crippen molar-refractivity contribution in [2.45, 2.75) is 25.3 Å². The first kappa shape index (κ1) is 18.4. The van der Waals surface area contributed by atoms with Gasteiger partial charge in [-0.25, -0.2) is 23.1 Å². The number of anilines is 1. The first-order chi connectivity index (χ1) is 13.3. The van der Waals surface area contributed by atoms with E-state index in [1.165, 1.54) is 0 Å². The predicted molar refractivity (Wildman–Crippen MR) is 98.8 cm³/mol. The van der Waals surface area contributed by atoms with Crippen LogP contribution in [0, 0.1) is 24.4 Å². The van der Waals surface area contributed by atoms with E-state index in [4.69, 9.17) is 5.73 Å². The summed E-state index contributed by atoms with van der Waals surface area (Å²) in [5, 5.41) is 0. The molecule has 0 bridgehead atoms. The SMILES string of the molecule is Cc1nc2ccc(N3CCC(c4cc(F)c(F)cc4F)[C@@H](N)C3)nc2c(=O)[nH]1. The minimum Gasteiger partial charge on any atom is -0.355 e. The largest absolute Gasteiger partial charge is 0.355 e. The van der Waals surface area contributed by atoms with Gasteiger partial charge in [-0.3, -0.25) is 4.79 Å². The minimum absolute atomic E-state index is 0.0774. The average Bonchev–Trinajstić information content (AvgIpc) is 2.64. The summed E-state index contributed by atoms with van der Waals surface area (Å²) in [6.45, 7) is 2.50. The summed E-state index contributed by atoms with van der Waals surface area (Å²) in [4.78, 5) is 25.3. The Hall–Kier alpha value is -2.94. The van der Waals surface area contributed by atoms with Crippen LogP contribution in [0.3, 0.4) is 0 Å². The lowest BCUT2D eigenvalue weighted by Gasteiger charge is -2.37. The molecule has 1 saturated heterocycles. The molecule has 9 heteroatoms. The van der Waals surface area contributed by atoms with Gasteiger partial charge in [-0.1, -0.05) is 0 Å². The van der Waals surface area contributed by atoms with Gasteiger partial charge in [0.15, 0.2) is 17.2 Å². The van der Waals surface area contributed by atoms with Gasteiger partial charge >= 0.3 is 0 Å². The average molecular weight is 389 g/mol. The van der Waals surface area contributed by atoms with E-state index in [1.807, 2.05) is 4.90 Å². The molecule has 1 fully saturated rings. The van der Waals surface area contributed by atoms with Crippen molar-refractivity contribution in [1.82, 2.24) is 15.0 Å². The Balaban J connectivity index is 1.60. The number of nitrogens with one attached hydrogen (secondary N) is 1. The minimum atomic E-state index is -1.22.